The molecule has 2 aromatic rings. The van der Waals surface area contributed by atoms with Crippen molar-refractivity contribution < 1.29 is 8.78 Å². The van der Waals surface area contributed by atoms with E-state index < -0.39 is 11.6 Å². The van der Waals surface area contributed by atoms with Crippen LogP contribution in [0.4, 0.5) is 14.6 Å². The van der Waals surface area contributed by atoms with Crippen LogP contribution in [0.25, 0.3) is 0 Å². The van der Waals surface area contributed by atoms with E-state index in [1.165, 1.54) is 6.07 Å². The fourth-order valence-corrected chi connectivity index (χ4v) is 1.23. The van der Waals surface area contributed by atoms with E-state index in [0.717, 1.165) is 12.1 Å². The Labute approximate surface area is 91.2 Å². The summed E-state index contributed by atoms with van der Waals surface area (Å²) in [4.78, 5) is 7.86. The number of halogens is 2. The molecule has 0 spiro atoms. The first-order valence-corrected chi connectivity index (χ1v) is 4.69. The van der Waals surface area contributed by atoms with E-state index in [9.17, 15) is 8.78 Å². The van der Waals surface area contributed by atoms with Crippen molar-refractivity contribution in [3.8, 4) is 0 Å². The molecule has 5 heteroatoms. The minimum atomic E-state index is -0.849. The molecule has 0 aliphatic carbocycles. The number of aromatic nitrogens is 2. The SMILES string of the molecule is Fc1ccc(CNc2cnccn2)cc1F. The van der Waals surface area contributed by atoms with E-state index >= 15 is 0 Å². The molecule has 16 heavy (non-hydrogen) atoms. The quantitative estimate of drug-likeness (QED) is 0.864. The second-order valence-corrected chi connectivity index (χ2v) is 3.19. The minimum absolute atomic E-state index is 0.371. The van der Waals surface area contributed by atoms with Gasteiger partial charge in [-0.3, -0.25) is 4.98 Å². The van der Waals surface area contributed by atoms with Crippen LogP contribution >= 0.6 is 0 Å². The Balaban J connectivity index is 2.03. The molecular weight excluding hydrogens is 212 g/mol. The zero-order valence-corrected chi connectivity index (χ0v) is 8.32. The maximum absolute atomic E-state index is 12.9. The van der Waals surface area contributed by atoms with E-state index in [1.54, 1.807) is 18.6 Å². The molecule has 2 rings (SSSR count). The molecule has 1 aromatic carbocycles. The fraction of sp³-hybridized carbons (Fsp3) is 0.0909. The lowest BCUT2D eigenvalue weighted by Crippen LogP contribution is -2.02. The monoisotopic (exact) mass is 221 g/mol. The van der Waals surface area contributed by atoms with Crippen molar-refractivity contribution in [1.29, 1.82) is 0 Å². The molecule has 3 nitrogen and oxygen atoms in total. The number of hydrogen-bond acceptors (Lipinski definition) is 3. The molecule has 0 aliphatic heterocycles. The number of nitrogens with one attached hydrogen (secondary N) is 1. The van der Waals surface area contributed by atoms with E-state index in [2.05, 4.69) is 15.3 Å². The summed E-state index contributed by atoms with van der Waals surface area (Å²) in [6.07, 6.45) is 4.66. The van der Waals surface area contributed by atoms with Gasteiger partial charge in [0.1, 0.15) is 5.82 Å². The summed E-state index contributed by atoms with van der Waals surface area (Å²) in [6.45, 7) is 0.371. The predicted octanol–water partition coefficient (Wildman–Crippen LogP) is 2.37. The zero-order valence-electron chi connectivity index (χ0n) is 8.32. The van der Waals surface area contributed by atoms with E-state index in [1.807, 2.05) is 0 Å². The van der Waals surface area contributed by atoms with E-state index in [4.69, 9.17) is 0 Å². The molecule has 0 aliphatic rings. The Hall–Kier alpha value is -2.04. The van der Waals surface area contributed by atoms with Crippen LogP contribution in [0.2, 0.25) is 0 Å². The highest BCUT2D eigenvalue weighted by Gasteiger charge is 2.02. The molecule has 0 fully saturated rings. The second-order valence-electron chi connectivity index (χ2n) is 3.19. The Morgan fingerprint density at radius 2 is 2.00 bits per heavy atom. The maximum atomic E-state index is 12.9. The normalized spacial score (nSPS) is 10.1. The van der Waals surface area contributed by atoms with Crippen molar-refractivity contribution in [1.82, 2.24) is 9.97 Å². The van der Waals surface area contributed by atoms with Gasteiger partial charge in [-0.25, -0.2) is 13.8 Å². The molecule has 0 unspecified atom stereocenters. The molecule has 0 bridgehead atoms. The number of hydrogen-bond donors (Lipinski definition) is 1. The number of rotatable bonds is 3. The molecule has 1 heterocycles. The van der Waals surface area contributed by atoms with E-state index in [-0.39, 0.29) is 0 Å². The van der Waals surface area contributed by atoms with Gasteiger partial charge in [-0.1, -0.05) is 6.07 Å². The predicted molar refractivity (Wildman–Crippen MR) is 55.7 cm³/mol. The van der Waals surface area contributed by atoms with Crippen LogP contribution in [0.5, 0.6) is 0 Å². The number of nitrogens with zero attached hydrogens (tertiary/aromatic N) is 2. The largest absolute Gasteiger partial charge is 0.365 e. The van der Waals surface area contributed by atoms with Crippen molar-refractivity contribution in [2.75, 3.05) is 5.32 Å². The first-order valence-electron chi connectivity index (χ1n) is 4.69. The highest BCUT2D eigenvalue weighted by molar-refractivity contribution is 5.32. The summed E-state index contributed by atoms with van der Waals surface area (Å²) in [6, 6.07) is 3.77. The first kappa shape index (κ1) is 10.5. The Morgan fingerprint density at radius 3 is 2.69 bits per heavy atom. The lowest BCUT2D eigenvalue weighted by Gasteiger charge is -2.04. The summed E-state index contributed by atoms with van der Waals surface area (Å²) in [5, 5.41) is 2.94. The van der Waals surface area contributed by atoms with Gasteiger partial charge in [-0.15, -0.1) is 0 Å². The molecule has 0 amide bonds. The van der Waals surface area contributed by atoms with Gasteiger partial charge in [-0.2, -0.15) is 0 Å². The van der Waals surface area contributed by atoms with E-state index in [0.29, 0.717) is 17.9 Å². The third kappa shape index (κ3) is 2.50. The molecule has 0 saturated heterocycles. The van der Waals surface area contributed by atoms with Gasteiger partial charge < -0.3 is 5.32 Å². The lowest BCUT2D eigenvalue weighted by molar-refractivity contribution is 0.507. The Kier molecular flexibility index (Phi) is 3.05. The van der Waals surface area contributed by atoms with Gasteiger partial charge in [0.2, 0.25) is 0 Å². The molecule has 1 aromatic heterocycles. The highest BCUT2D eigenvalue weighted by Crippen LogP contribution is 2.10. The van der Waals surface area contributed by atoms with Gasteiger partial charge in [0, 0.05) is 18.9 Å². The summed E-state index contributed by atoms with van der Waals surface area (Å²) in [5.74, 6) is -1.10. The van der Waals surface area contributed by atoms with Crippen molar-refractivity contribution in [2.24, 2.45) is 0 Å². The van der Waals surface area contributed by atoms with Gasteiger partial charge in [0.15, 0.2) is 11.6 Å². The van der Waals surface area contributed by atoms with Crippen LogP contribution in [0.15, 0.2) is 36.8 Å². The molecule has 0 radical (unpaired) electrons. The third-order valence-corrected chi connectivity index (χ3v) is 2.02. The third-order valence-electron chi connectivity index (χ3n) is 2.02. The second kappa shape index (κ2) is 4.65. The van der Waals surface area contributed by atoms with Crippen LogP contribution in [0, 0.1) is 11.6 Å². The topological polar surface area (TPSA) is 37.8 Å². The first-order chi connectivity index (χ1) is 7.75. The fourth-order valence-electron chi connectivity index (χ4n) is 1.23. The smallest absolute Gasteiger partial charge is 0.159 e. The van der Waals surface area contributed by atoms with Crippen LogP contribution < -0.4 is 5.32 Å². The van der Waals surface area contributed by atoms with Gasteiger partial charge in [0.05, 0.1) is 6.20 Å². The van der Waals surface area contributed by atoms with Crippen molar-refractivity contribution in [3.63, 3.8) is 0 Å². The standard InChI is InChI=1S/C11H9F2N3/c12-9-2-1-8(5-10(9)13)6-16-11-7-14-3-4-15-11/h1-5,7H,6H2,(H,15,16). The van der Waals surface area contributed by atoms with Crippen molar-refractivity contribution in [3.05, 3.63) is 54.0 Å². The Morgan fingerprint density at radius 1 is 1.12 bits per heavy atom. The molecular formula is C11H9F2N3. The van der Waals surface area contributed by atoms with Gasteiger partial charge >= 0.3 is 0 Å². The van der Waals surface area contributed by atoms with Crippen LogP contribution in [-0.4, -0.2) is 9.97 Å². The molecule has 82 valence electrons. The number of anilines is 1. The zero-order chi connectivity index (χ0) is 11.4. The average molecular weight is 221 g/mol. The Bertz CT molecular complexity index is 474. The number of benzene rings is 1. The summed E-state index contributed by atoms with van der Waals surface area (Å²) in [7, 11) is 0. The lowest BCUT2D eigenvalue weighted by atomic mass is 10.2. The molecule has 0 atom stereocenters. The molecule has 1 N–H and O–H groups in total. The van der Waals surface area contributed by atoms with Crippen LogP contribution in [0.3, 0.4) is 0 Å². The van der Waals surface area contributed by atoms with Crippen molar-refractivity contribution in [2.45, 2.75) is 6.54 Å². The molecule has 0 saturated carbocycles. The highest BCUT2D eigenvalue weighted by atomic mass is 19.2. The van der Waals surface area contributed by atoms with Crippen LogP contribution in [-0.2, 0) is 6.54 Å². The summed E-state index contributed by atoms with van der Waals surface area (Å²) >= 11 is 0. The maximum Gasteiger partial charge on any atom is 0.159 e. The van der Waals surface area contributed by atoms with Crippen LogP contribution in [0.1, 0.15) is 5.56 Å². The summed E-state index contributed by atoms with van der Waals surface area (Å²) < 4.78 is 25.5. The summed E-state index contributed by atoms with van der Waals surface area (Å²) in [5.41, 5.74) is 0.643. The minimum Gasteiger partial charge on any atom is -0.365 e. The van der Waals surface area contributed by atoms with Crippen molar-refractivity contribution >= 4 is 5.82 Å². The average Bonchev–Trinajstić information content (AvgIpc) is 2.32. The van der Waals surface area contributed by atoms with Gasteiger partial charge in [-0.05, 0) is 17.7 Å². The van der Waals surface area contributed by atoms with Gasteiger partial charge in [0.25, 0.3) is 0 Å².